The number of amides is 2. The third kappa shape index (κ3) is 5.92. The summed E-state index contributed by atoms with van der Waals surface area (Å²) in [5.41, 5.74) is 0.399. The highest BCUT2D eigenvalue weighted by Crippen LogP contribution is 2.33. The van der Waals surface area contributed by atoms with Gasteiger partial charge in [-0.2, -0.15) is 0 Å². The van der Waals surface area contributed by atoms with Crippen LogP contribution in [0, 0.1) is 0 Å². The van der Waals surface area contributed by atoms with Crippen molar-refractivity contribution in [1.29, 1.82) is 0 Å². The van der Waals surface area contributed by atoms with Gasteiger partial charge in [-0.25, -0.2) is 14.8 Å². The van der Waals surface area contributed by atoms with Crippen molar-refractivity contribution in [2.24, 2.45) is 4.99 Å². The molecule has 0 spiro atoms. The van der Waals surface area contributed by atoms with E-state index in [0.29, 0.717) is 15.5 Å². The molecule has 2 amide bonds. The van der Waals surface area contributed by atoms with E-state index in [1.54, 1.807) is 6.08 Å². The van der Waals surface area contributed by atoms with E-state index < -0.39 is 17.8 Å². The number of thiazole rings is 1. The molecule has 1 fully saturated rings. The average Bonchev–Trinajstić information content (AvgIpc) is 3.32. The summed E-state index contributed by atoms with van der Waals surface area (Å²) in [5.74, 6) is -2.77. The number of aromatic nitrogens is 1. The monoisotopic (exact) mass is 476 g/mol. The topological polar surface area (TPSA) is 167 Å². The SMILES string of the molecule is COc1cc(C(=O)O)ccc1N=C1NC(=O)C(=Cc2cnc(NC(=O)CCC(=O)O)s2)S1. The van der Waals surface area contributed by atoms with Crippen LogP contribution in [0.15, 0.2) is 34.3 Å². The largest absolute Gasteiger partial charge is 0.494 e. The molecule has 0 unspecified atom stereocenters. The number of carbonyl (C=O) groups excluding carboxylic acids is 2. The zero-order valence-electron chi connectivity index (χ0n) is 16.4. The molecule has 4 N–H and O–H groups in total. The number of hydrogen-bond acceptors (Lipinski definition) is 9. The van der Waals surface area contributed by atoms with Crippen LogP contribution < -0.4 is 15.4 Å². The third-order valence-corrected chi connectivity index (χ3v) is 5.68. The van der Waals surface area contributed by atoms with Crippen molar-refractivity contribution in [2.45, 2.75) is 12.8 Å². The van der Waals surface area contributed by atoms with Crippen LogP contribution in [-0.4, -0.2) is 51.2 Å². The molecule has 1 aromatic heterocycles. The van der Waals surface area contributed by atoms with Gasteiger partial charge in [0.05, 0.1) is 28.9 Å². The summed E-state index contributed by atoms with van der Waals surface area (Å²) in [6.45, 7) is 0. The highest BCUT2D eigenvalue weighted by Gasteiger charge is 2.25. The maximum Gasteiger partial charge on any atom is 0.335 e. The number of hydrogen-bond donors (Lipinski definition) is 4. The first-order valence-electron chi connectivity index (χ1n) is 8.93. The van der Waals surface area contributed by atoms with E-state index in [1.807, 2.05) is 0 Å². The van der Waals surface area contributed by atoms with Crippen molar-refractivity contribution in [1.82, 2.24) is 10.3 Å². The Labute approximate surface area is 189 Å². The Morgan fingerprint density at radius 3 is 2.75 bits per heavy atom. The van der Waals surface area contributed by atoms with Gasteiger partial charge in [-0.15, -0.1) is 0 Å². The fraction of sp³-hybridized carbons (Fsp3) is 0.158. The van der Waals surface area contributed by atoms with E-state index in [2.05, 4.69) is 20.6 Å². The molecule has 0 saturated carbocycles. The first-order chi connectivity index (χ1) is 15.2. The molecular formula is C19H16N4O7S2. The number of ether oxygens (including phenoxy) is 1. The van der Waals surface area contributed by atoms with Gasteiger partial charge in [0.2, 0.25) is 5.91 Å². The Bertz CT molecular complexity index is 1160. The van der Waals surface area contributed by atoms with Crippen molar-refractivity contribution < 1.29 is 34.1 Å². The van der Waals surface area contributed by atoms with Crippen molar-refractivity contribution in [3.63, 3.8) is 0 Å². The van der Waals surface area contributed by atoms with Gasteiger partial charge in [0.15, 0.2) is 10.3 Å². The van der Waals surface area contributed by atoms with Crippen LogP contribution >= 0.6 is 23.1 Å². The number of thioether (sulfide) groups is 1. The molecule has 2 heterocycles. The maximum atomic E-state index is 12.3. The normalized spacial score (nSPS) is 15.6. The van der Waals surface area contributed by atoms with Crippen LogP contribution in [0.4, 0.5) is 10.8 Å². The number of benzene rings is 1. The minimum Gasteiger partial charge on any atom is -0.494 e. The number of aromatic carboxylic acids is 1. The molecule has 2 aromatic rings. The molecule has 13 heteroatoms. The maximum absolute atomic E-state index is 12.3. The molecule has 0 bridgehead atoms. The Hall–Kier alpha value is -3.71. The van der Waals surface area contributed by atoms with Crippen molar-refractivity contribution in [3.8, 4) is 5.75 Å². The van der Waals surface area contributed by atoms with Crippen molar-refractivity contribution in [3.05, 3.63) is 39.7 Å². The van der Waals surface area contributed by atoms with E-state index in [0.717, 1.165) is 23.1 Å². The Kier molecular flexibility index (Phi) is 7.22. The summed E-state index contributed by atoms with van der Waals surface area (Å²) in [4.78, 5) is 54.9. The smallest absolute Gasteiger partial charge is 0.335 e. The van der Waals surface area contributed by atoms with Crippen LogP contribution in [-0.2, 0) is 14.4 Å². The predicted octanol–water partition coefficient (Wildman–Crippen LogP) is 2.54. The predicted molar refractivity (Wildman–Crippen MR) is 118 cm³/mol. The van der Waals surface area contributed by atoms with E-state index in [4.69, 9.17) is 14.9 Å². The number of nitrogens with one attached hydrogen (secondary N) is 2. The number of carboxylic acids is 2. The number of rotatable bonds is 8. The molecule has 0 aliphatic carbocycles. The average molecular weight is 476 g/mol. The third-order valence-electron chi connectivity index (χ3n) is 3.91. The highest BCUT2D eigenvalue weighted by atomic mass is 32.2. The zero-order chi connectivity index (χ0) is 23.3. The summed E-state index contributed by atoms with van der Waals surface area (Å²) < 4.78 is 5.18. The number of nitrogens with zero attached hydrogens (tertiary/aromatic N) is 2. The van der Waals surface area contributed by atoms with E-state index >= 15 is 0 Å². The second kappa shape index (κ2) is 10.1. The molecule has 1 aliphatic heterocycles. The number of aliphatic carboxylic acids is 1. The van der Waals surface area contributed by atoms with Gasteiger partial charge >= 0.3 is 11.9 Å². The van der Waals surface area contributed by atoms with E-state index in [9.17, 15) is 19.2 Å². The van der Waals surface area contributed by atoms with Gasteiger partial charge in [-0.3, -0.25) is 14.4 Å². The second-order valence-electron chi connectivity index (χ2n) is 6.18. The van der Waals surface area contributed by atoms with Gasteiger partial charge in [-0.1, -0.05) is 11.3 Å². The lowest BCUT2D eigenvalue weighted by atomic mass is 10.2. The lowest BCUT2D eigenvalue weighted by molar-refractivity contribution is -0.138. The van der Waals surface area contributed by atoms with Gasteiger partial charge in [-0.05, 0) is 36.0 Å². The first-order valence-corrected chi connectivity index (χ1v) is 10.6. The Morgan fingerprint density at radius 1 is 1.28 bits per heavy atom. The molecule has 1 saturated heterocycles. The van der Waals surface area contributed by atoms with Gasteiger partial charge in [0.1, 0.15) is 11.4 Å². The minimum absolute atomic E-state index is 0.0468. The number of aliphatic imine (C=N–C) groups is 1. The molecule has 0 atom stereocenters. The van der Waals surface area contributed by atoms with Crippen LogP contribution in [0.1, 0.15) is 28.1 Å². The van der Waals surface area contributed by atoms with Gasteiger partial charge < -0.3 is 25.6 Å². The molecule has 11 nitrogen and oxygen atoms in total. The molecular weight excluding hydrogens is 460 g/mol. The van der Waals surface area contributed by atoms with Crippen molar-refractivity contribution >= 4 is 68.9 Å². The standard InChI is InChI=1S/C19H16N4O7S2/c1-30-12-6-9(17(28)29)2-3-11(12)21-19-23-16(27)13(32-19)7-10-8-20-18(31-10)22-14(24)4-5-15(25)26/h2-3,6-8H,4-5H2,1H3,(H,25,26)(H,28,29)(H,20,22,24)(H,21,23,27). The summed E-state index contributed by atoms with van der Waals surface area (Å²) in [6, 6.07) is 4.20. The number of amidine groups is 1. The van der Waals surface area contributed by atoms with Crippen LogP contribution in [0.2, 0.25) is 0 Å². The quantitative estimate of drug-likeness (QED) is 0.419. The minimum atomic E-state index is -1.10. The number of anilines is 1. The lowest BCUT2D eigenvalue weighted by Crippen LogP contribution is -2.19. The van der Waals surface area contributed by atoms with E-state index in [-0.39, 0.29) is 40.4 Å². The van der Waals surface area contributed by atoms with Gasteiger partial charge in [0.25, 0.3) is 5.91 Å². The lowest BCUT2D eigenvalue weighted by Gasteiger charge is -2.06. The Morgan fingerprint density at radius 2 is 2.06 bits per heavy atom. The highest BCUT2D eigenvalue weighted by molar-refractivity contribution is 8.18. The van der Waals surface area contributed by atoms with Crippen LogP contribution in [0.25, 0.3) is 6.08 Å². The van der Waals surface area contributed by atoms with Gasteiger partial charge in [0, 0.05) is 12.6 Å². The molecule has 1 aromatic carbocycles. The fourth-order valence-corrected chi connectivity index (χ4v) is 4.11. The number of methoxy groups -OCH3 is 1. The fourth-order valence-electron chi connectivity index (χ4n) is 2.44. The zero-order valence-corrected chi connectivity index (χ0v) is 18.1. The van der Waals surface area contributed by atoms with Crippen LogP contribution in [0.5, 0.6) is 5.75 Å². The summed E-state index contributed by atoms with van der Waals surface area (Å²) >= 11 is 2.20. The number of carbonyl (C=O) groups is 4. The molecule has 0 radical (unpaired) electrons. The molecule has 1 aliphatic rings. The first kappa shape index (κ1) is 23.0. The Balaban J connectivity index is 1.71. The summed E-state index contributed by atoms with van der Waals surface area (Å²) in [5, 5.41) is 23.4. The summed E-state index contributed by atoms with van der Waals surface area (Å²) in [7, 11) is 1.39. The van der Waals surface area contributed by atoms with E-state index in [1.165, 1.54) is 31.5 Å². The second-order valence-corrected chi connectivity index (χ2v) is 8.28. The van der Waals surface area contributed by atoms with Crippen molar-refractivity contribution in [2.75, 3.05) is 12.4 Å². The van der Waals surface area contributed by atoms with Crippen LogP contribution in [0.3, 0.4) is 0 Å². The molecule has 32 heavy (non-hydrogen) atoms. The molecule has 166 valence electrons. The number of carboxylic acid groups (broad SMARTS) is 2. The summed E-state index contributed by atoms with van der Waals surface area (Å²) in [6.07, 6.45) is 2.61. The molecule has 3 rings (SSSR count).